The SMILES string of the molecule is COc1cc(CCC(=O)NCc2c(C)nn(-c3ccccc3)c2C)cc(OC)c1OC. The van der Waals surface area contributed by atoms with Crippen LogP contribution in [-0.2, 0) is 17.8 Å². The Morgan fingerprint density at radius 3 is 2.23 bits per heavy atom. The third-order valence-corrected chi connectivity index (χ3v) is 5.27. The summed E-state index contributed by atoms with van der Waals surface area (Å²) in [4.78, 5) is 12.5. The molecule has 3 rings (SSSR count). The molecule has 0 aliphatic heterocycles. The van der Waals surface area contributed by atoms with E-state index in [4.69, 9.17) is 14.2 Å². The Morgan fingerprint density at radius 1 is 1.00 bits per heavy atom. The summed E-state index contributed by atoms with van der Waals surface area (Å²) in [5.74, 6) is 1.67. The predicted molar refractivity (Wildman–Crippen MR) is 119 cm³/mol. The van der Waals surface area contributed by atoms with E-state index in [2.05, 4.69) is 10.4 Å². The zero-order chi connectivity index (χ0) is 22.4. The molecule has 0 aliphatic carbocycles. The molecule has 0 bridgehead atoms. The number of nitrogens with one attached hydrogen (secondary N) is 1. The van der Waals surface area contributed by atoms with Crippen molar-refractivity contribution in [2.45, 2.75) is 33.2 Å². The van der Waals surface area contributed by atoms with Gasteiger partial charge in [0.1, 0.15) is 0 Å². The van der Waals surface area contributed by atoms with Gasteiger partial charge in [0.05, 0.1) is 32.7 Å². The molecule has 1 aromatic heterocycles. The summed E-state index contributed by atoms with van der Waals surface area (Å²) in [6.45, 7) is 4.42. The van der Waals surface area contributed by atoms with Crippen molar-refractivity contribution in [2.24, 2.45) is 0 Å². The maximum Gasteiger partial charge on any atom is 0.220 e. The average Bonchev–Trinajstić information content (AvgIpc) is 3.09. The van der Waals surface area contributed by atoms with Gasteiger partial charge in [-0.1, -0.05) is 18.2 Å². The molecule has 0 fully saturated rings. The topological polar surface area (TPSA) is 74.6 Å². The van der Waals surface area contributed by atoms with E-state index >= 15 is 0 Å². The number of benzene rings is 2. The first-order chi connectivity index (χ1) is 15.0. The molecule has 7 nitrogen and oxygen atoms in total. The van der Waals surface area contributed by atoms with Crippen LogP contribution in [0.5, 0.6) is 17.2 Å². The molecule has 1 N–H and O–H groups in total. The molecule has 1 heterocycles. The van der Waals surface area contributed by atoms with E-state index in [-0.39, 0.29) is 5.91 Å². The van der Waals surface area contributed by atoms with Crippen molar-refractivity contribution < 1.29 is 19.0 Å². The molecule has 0 saturated heterocycles. The molecule has 0 radical (unpaired) electrons. The fourth-order valence-corrected chi connectivity index (χ4v) is 3.56. The summed E-state index contributed by atoms with van der Waals surface area (Å²) in [5.41, 5.74) is 4.90. The zero-order valence-electron chi connectivity index (χ0n) is 18.7. The number of amides is 1. The fraction of sp³-hybridized carbons (Fsp3) is 0.333. The second kappa shape index (κ2) is 10.0. The van der Waals surface area contributed by atoms with E-state index in [1.807, 2.05) is 61.0 Å². The first-order valence-corrected chi connectivity index (χ1v) is 10.1. The Morgan fingerprint density at radius 2 is 1.65 bits per heavy atom. The monoisotopic (exact) mass is 423 g/mol. The summed E-state index contributed by atoms with van der Waals surface area (Å²) in [7, 11) is 4.72. The van der Waals surface area contributed by atoms with Gasteiger partial charge >= 0.3 is 0 Å². The van der Waals surface area contributed by atoms with E-state index in [1.165, 1.54) is 0 Å². The number of ether oxygens (including phenoxy) is 3. The van der Waals surface area contributed by atoms with Gasteiger partial charge in [-0.3, -0.25) is 4.79 Å². The van der Waals surface area contributed by atoms with Crippen molar-refractivity contribution in [3.63, 3.8) is 0 Å². The van der Waals surface area contributed by atoms with Gasteiger partial charge in [0, 0.05) is 24.2 Å². The largest absolute Gasteiger partial charge is 0.493 e. The van der Waals surface area contributed by atoms with Gasteiger partial charge in [-0.2, -0.15) is 5.10 Å². The van der Waals surface area contributed by atoms with Crippen molar-refractivity contribution in [1.82, 2.24) is 15.1 Å². The van der Waals surface area contributed by atoms with Gasteiger partial charge in [0.25, 0.3) is 0 Å². The molecule has 2 aromatic carbocycles. The quantitative estimate of drug-likeness (QED) is 0.567. The Kier molecular flexibility index (Phi) is 7.18. The van der Waals surface area contributed by atoms with E-state index in [0.29, 0.717) is 36.6 Å². The highest BCUT2D eigenvalue weighted by molar-refractivity contribution is 5.76. The lowest BCUT2D eigenvalue weighted by molar-refractivity contribution is -0.121. The Labute approximate surface area is 182 Å². The number of para-hydroxylation sites is 1. The van der Waals surface area contributed by atoms with Crippen molar-refractivity contribution in [1.29, 1.82) is 0 Å². The van der Waals surface area contributed by atoms with Crippen LogP contribution in [0.15, 0.2) is 42.5 Å². The van der Waals surface area contributed by atoms with E-state index in [0.717, 1.165) is 28.2 Å². The molecule has 7 heteroatoms. The van der Waals surface area contributed by atoms with Crippen LogP contribution in [0.1, 0.15) is 28.9 Å². The standard InChI is InChI=1S/C24H29N3O4/c1-16-20(17(2)27(26-16)19-9-7-6-8-10-19)15-25-23(28)12-11-18-13-21(29-3)24(31-5)22(14-18)30-4/h6-10,13-14H,11-12,15H2,1-5H3,(H,25,28). The number of hydrogen-bond donors (Lipinski definition) is 1. The molecule has 0 aliphatic rings. The number of nitrogens with zero attached hydrogens (tertiary/aromatic N) is 2. The highest BCUT2D eigenvalue weighted by atomic mass is 16.5. The minimum atomic E-state index is -0.0278. The van der Waals surface area contributed by atoms with Crippen molar-refractivity contribution in [2.75, 3.05) is 21.3 Å². The van der Waals surface area contributed by atoms with Crippen LogP contribution in [0.4, 0.5) is 0 Å². The van der Waals surface area contributed by atoms with Crippen molar-refractivity contribution in [3.8, 4) is 22.9 Å². The summed E-state index contributed by atoms with van der Waals surface area (Å²) in [6.07, 6.45) is 0.910. The van der Waals surface area contributed by atoms with Gasteiger partial charge in [-0.25, -0.2) is 4.68 Å². The third kappa shape index (κ3) is 4.99. The molecular formula is C24H29N3O4. The van der Waals surface area contributed by atoms with Crippen molar-refractivity contribution >= 4 is 5.91 Å². The molecule has 0 saturated carbocycles. The van der Waals surface area contributed by atoms with Crippen LogP contribution < -0.4 is 19.5 Å². The maximum absolute atomic E-state index is 12.5. The lowest BCUT2D eigenvalue weighted by atomic mass is 10.1. The average molecular weight is 424 g/mol. The van der Waals surface area contributed by atoms with Gasteiger partial charge < -0.3 is 19.5 Å². The maximum atomic E-state index is 12.5. The van der Waals surface area contributed by atoms with Crippen LogP contribution in [0.3, 0.4) is 0 Å². The number of aromatic nitrogens is 2. The fourth-order valence-electron chi connectivity index (χ4n) is 3.56. The molecule has 0 atom stereocenters. The summed E-state index contributed by atoms with van der Waals surface area (Å²) in [6, 6.07) is 13.7. The van der Waals surface area contributed by atoms with E-state index < -0.39 is 0 Å². The summed E-state index contributed by atoms with van der Waals surface area (Å²) < 4.78 is 18.0. The first kappa shape index (κ1) is 22.2. The Bertz CT molecular complexity index is 1020. The molecule has 1 amide bonds. The third-order valence-electron chi connectivity index (χ3n) is 5.27. The minimum Gasteiger partial charge on any atom is -0.493 e. The van der Waals surface area contributed by atoms with Gasteiger partial charge in [-0.05, 0) is 50.1 Å². The van der Waals surface area contributed by atoms with Crippen LogP contribution in [0, 0.1) is 13.8 Å². The lowest BCUT2D eigenvalue weighted by Crippen LogP contribution is -2.23. The van der Waals surface area contributed by atoms with Crippen molar-refractivity contribution in [3.05, 3.63) is 65.0 Å². The van der Waals surface area contributed by atoms with Crippen LogP contribution in [-0.4, -0.2) is 37.0 Å². The molecule has 31 heavy (non-hydrogen) atoms. The highest BCUT2D eigenvalue weighted by Crippen LogP contribution is 2.38. The smallest absolute Gasteiger partial charge is 0.220 e. The second-order valence-electron chi connectivity index (χ2n) is 7.21. The zero-order valence-corrected chi connectivity index (χ0v) is 18.7. The van der Waals surface area contributed by atoms with Crippen LogP contribution in [0.25, 0.3) is 5.69 Å². The number of carbonyl (C=O) groups excluding carboxylic acids is 1. The first-order valence-electron chi connectivity index (χ1n) is 10.1. The minimum absolute atomic E-state index is 0.0278. The van der Waals surface area contributed by atoms with E-state index in [1.54, 1.807) is 21.3 Å². The number of aryl methyl sites for hydroxylation is 2. The molecule has 0 spiro atoms. The number of carbonyl (C=O) groups is 1. The summed E-state index contributed by atoms with van der Waals surface area (Å²) in [5, 5.41) is 7.65. The highest BCUT2D eigenvalue weighted by Gasteiger charge is 2.15. The van der Waals surface area contributed by atoms with Crippen LogP contribution in [0.2, 0.25) is 0 Å². The van der Waals surface area contributed by atoms with Gasteiger partial charge in [0.2, 0.25) is 11.7 Å². The number of methoxy groups -OCH3 is 3. The normalized spacial score (nSPS) is 10.6. The summed E-state index contributed by atoms with van der Waals surface area (Å²) >= 11 is 0. The number of rotatable bonds is 9. The molecule has 3 aromatic rings. The van der Waals surface area contributed by atoms with Gasteiger partial charge in [-0.15, -0.1) is 0 Å². The molecular weight excluding hydrogens is 394 g/mol. The lowest BCUT2D eigenvalue weighted by Gasteiger charge is -2.14. The Hall–Kier alpha value is -3.48. The second-order valence-corrected chi connectivity index (χ2v) is 7.21. The molecule has 0 unspecified atom stereocenters. The molecule has 164 valence electrons. The Balaban J connectivity index is 1.63. The van der Waals surface area contributed by atoms with Crippen LogP contribution >= 0.6 is 0 Å². The number of hydrogen-bond acceptors (Lipinski definition) is 5. The van der Waals surface area contributed by atoms with Gasteiger partial charge in [0.15, 0.2) is 11.5 Å². The van der Waals surface area contributed by atoms with E-state index in [9.17, 15) is 4.79 Å². The predicted octanol–water partition coefficient (Wildman–Crippen LogP) is 3.76.